The molecule has 0 aliphatic carbocycles. The van der Waals surface area contributed by atoms with Crippen LogP contribution in [0.25, 0.3) is 0 Å². The molecular weight excluding hydrogens is 366 g/mol. The summed E-state index contributed by atoms with van der Waals surface area (Å²) in [6.07, 6.45) is 2.88. The van der Waals surface area contributed by atoms with E-state index in [1.54, 1.807) is 11.3 Å². The second-order valence-electron chi connectivity index (χ2n) is 6.48. The van der Waals surface area contributed by atoms with Crippen LogP contribution in [0.5, 0.6) is 0 Å². The zero-order valence-corrected chi connectivity index (χ0v) is 17.0. The van der Waals surface area contributed by atoms with E-state index in [0.717, 1.165) is 56.7 Å². The summed E-state index contributed by atoms with van der Waals surface area (Å²) in [6, 6.07) is 8.14. The average molecular weight is 392 g/mol. The number of hydrogen-bond donors (Lipinski definition) is 1. The van der Waals surface area contributed by atoms with E-state index in [1.165, 1.54) is 15.4 Å². The molecule has 2 heterocycles. The normalized spacial score (nSPS) is 16.1. The highest BCUT2D eigenvalue weighted by molar-refractivity contribution is 7.11. The molecule has 140 valence electrons. The van der Waals surface area contributed by atoms with Gasteiger partial charge < -0.3 is 10.2 Å². The van der Waals surface area contributed by atoms with Gasteiger partial charge in [-0.3, -0.25) is 9.89 Å². The topological polar surface area (TPSA) is 43.8 Å². The lowest BCUT2D eigenvalue weighted by Gasteiger charge is -2.36. The van der Waals surface area contributed by atoms with Crippen LogP contribution in [0.1, 0.15) is 15.4 Å². The summed E-state index contributed by atoms with van der Waals surface area (Å²) < 4.78 is 0. The van der Waals surface area contributed by atoms with E-state index < -0.39 is 0 Å². The van der Waals surface area contributed by atoms with Gasteiger partial charge in [0.2, 0.25) is 0 Å². The van der Waals surface area contributed by atoms with Gasteiger partial charge in [0.1, 0.15) is 0 Å². The molecule has 2 aromatic rings. The largest absolute Gasteiger partial charge is 0.356 e. The number of aryl methyl sites for hydroxylation is 1. The van der Waals surface area contributed by atoms with E-state index in [2.05, 4.69) is 44.1 Å². The summed E-state index contributed by atoms with van der Waals surface area (Å²) >= 11 is 7.73. The number of rotatable bonds is 5. The van der Waals surface area contributed by atoms with Gasteiger partial charge in [-0.15, -0.1) is 11.3 Å². The Morgan fingerprint density at radius 3 is 2.58 bits per heavy atom. The lowest BCUT2D eigenvalue weighted by molar-refractivity contribution is 0.172. The van der Waals surface area contributed by atoms with E-state index in [9.17, 15) is 0 Å². The van der Waals surface area contributed by atoms with Gasteiger partial charge in [0.15, 0.2) is 5.96 Å². The third kappa shape index (κ3) is 5.43. The lowest BCUT2D eigenvalue weighted by Crippen LogP contribution is -2.52. The van der Waals surface area contributed by atoms with Gasteiger partial charge in [-0.1, -0.05) is 23.7 Å². The maximum Gasteiger partial charge on any atom is 0.193 e. The van der Waals surface area contributed by atoms with Crippen LogP contribution < -0.4 is 5.32 Å². The number of guanidine groups is 1. The molecule has 0 saturated carbocycles. The highest BCUT2D eigenvalue weighted by atomic mass is 35.5. The molecule has 0 spiro atoms. The van der Waals surface area contributed by atoms with E-state index in [-0.39, 0.29) is 0 Å². The Hall–Kier alpha value is -1.63. The molecule has 1 fully saturated rings. The van der Waals surface area contributed by atoms with Gasteiger partial charge in [-0.25, -0.2) is 4.98 Å². The van der Waals surface area contributed by atoms with Crippen molar-refractivity contribution in [3.63, 3.8) is 0 Å². The van der Waals surface area contributed by atoms with Crippen LogP contribution in [-0.4, -0.2) is 60.5 Å². The van der Waals surface area contributed by atoms with Crippen molar-refractivity contribution in [3.8, 4) is 0 Å². The summed E-state index contributed by atoms with van der Waals surface area (Å²) in [4.78, 5) is 14.9. The molecule has 0 unspecified atom stereocenters. The Morgan fingerprint density at radius 1 is 1.23 bits per heavy atom. The molecule has 3 rings (SSSR count). The molecule has 1 aliphatic rings. The first kappa shape index (κ1) is 19.1. The molecule has 1 aromatic carbocycles. The smallest absolute Gasteiger partial charge is 0.193 e. The number of nitrogens with zero attached hydrogens (tertiary/aromatic N) is 4. The molecule has 0 amide bonds. The van der Waals surface area contributed by atoms with Crippen molar-refractivity contribution in [2.24, 2.45) is 4.99 Å². The molecule has 7 heteroatoms. The molecule has 1 aromatic heterocycles. The van der Waals surface area contributed by atoms with Gasteiger partial charge in [0, 0.05) is 68.8 Å². The molecule has 26 heavy (non-hydrogen) atoms. The van der Waals surface area contributed by atoms with Crippen molar-refractivity contribution in [1.29, 1.82) is 0 Å². The summed E-state index contributed by atoms with van der Waals surface area (Å²) in [6.45, 7) is 7.99. The molecule has 0 radical (unpaired) electrons. The van der Waals surface area contributed by atoms with Crippen LogP contribution in [0.3, 0.4) is 0 Å². The minimum absolute atomic E-state index is 0.793. The fourth-order valence-electron chi connectivity index (χ4n) is 3.10. The van der Waals surface area contributed by atoms with Gasteiger partial charge in [0.25, 0.3) is 0 Å². The second-order valence-corrected chi connectivity index (χ2v) is 8.23. The van der Waals surface area contributed by atoms with Crippen LogP contribution in [0.2, 0.25) is 5.02 Å². The van der Waals surface area contributed by atoms with E-state index in [4.69, 9.17) is 11.6 Å². The Labute approximate surface area is 164 Å². The predicted molar refractivity (Wildman–Crippen MR) is 110 cm³/mol. The molecule has 1 saturated heterocycles. The Bertz CT molecular complexity index is 720. The van der Waals surface area contributed by atoms with Crippen LogP contribution in [0.15, 0.2) is 35.5 Å². The summed E-state index contributed by atoms with van der Waals surface area (Å²) in [5.41, 5.74) is 1.31. The standard InChI is InChI=1S/C19H26ClN5S/c1-15-13-23-18(26-15)7-8-22-19(21-2)25-11-9-24(10-12-25)14-16-3-5-17(20)6-4-16/h3-6,13H,7-12,14H2,1-2H3,(H,21,22). The summed E-state index contributed by atoms with van der Waals surface area (Å²) in [7, 11) is 1.86. The lowest BCUT2D eigenvalue weighted by atomic mass is 10.2. The third-order valence-electron chi connectivity index (χ3n) is 4.49. The number of thiazole rings is 1. The fraction of sp³-hybridized carbons (Fsp3) is 0.474. The van der Waals surface area contributed by atoms with Crippen LogP contribution in [0.4, 0.5) is 0 Å². The molecule has 0 bridgehead atoms. The van der Waals surface area contributed by atoms with Crippen molar-refractivity contribution in [2.75, 3.05) is 39.8 Å². The molecule has 0 atom stereocenters. The maximum atomic E-state index is 5.96. The number of piperazine rings is 1. The van der Waals surface area contributed by atoms with Gasteiger partial charge >= 0.3 is 0 Å². The summed E-state index contributed by atoms with van der Waals surface area (Å²) in [5, 5.41) is 5.45. The minimum atomic E-state index is 0.793. The predicted octanol–water partition coefficient (Wildman–Crippen LogP) is 3.04. The number of halogens is 1. The van der Waals surface area contributed by atoms with E-state index >= 15 is 0 Å². The van der Waals surface area contributed by atoms with Crippen LogP contribution >= 0.6 is 22.9 Å². The Balaban J connectivity index is 1.42. The maximum absolute atomic E-state index is 5.96. The van der Waals surface area contributed by atoms with Crippen molar-refractivity contribution >= 4 is 28.9 Å². The van der Waals surface area contributed by atoms with Crippen LogP contribution in [0, 0.1) is 6.92 Å². The monoisotopic (exact) mass is 391 g/mol. The highest BCUT2D eigenvalue weighted by Crippen LogP contribution is 2.13. The quantitative estimate of drug-likeness (QED) is 0.628. The Kier molecular flexibility index (Phi) is 6.88. The molecule has 1 aliphatic heterocycles. The summed E-state index contributed by atoms with van der Waals surface area (Å²) in [5.74, 6) is 0.990. The number of benzene rings is 1. The molecular formula is C19H26ClN5S. The highest BCUT2D eigenvalue weighted by Gasteiger charge is 2.19. The second kappa shape index (κ2) is 9.35. The average Bonchev–Trinajstić information content (AvgIpc) is 3.07. The number of aliphatic imine (C=N–C) groups is 1. The first-order chi connectivity index (χ1) is 12.6. The molecule has 5 nitrogen and oxygen atoms in total. The zero-order chi connectivity index (χ0) is 18.4. The number of aromatic nitrogens is 1. The van der Waals surface area contributed by atoms with Gasteiger partial charge in [-0.05, 0) is 24.6 Å². The zero-order valence-electron chi connectivity index (χ0n) is 15.4. The minimum Gasteiger partial charge on any atom is -0.356 e. The van der Waals surface area contributed by atoms with Crippen molar-refractivity contribution in [2.45, 2.75) is 19.9 Å². The number of nitrogens with one attached hydrogen (secondary N) is 1. The first-order valence-corrected chi connectivity index (χ1v) is 10.2. The third-order valence-corrected chi connectivity index (χ3v) is 5.72. The number of hydrogen-bond acceptors (Lipinski definition) is 4. The van der Waals surface area contributed by atoms with Crippen molar-refractivity contribution in [3.05, 3.63) is 50.9 Å². The van der Waals surface area contributed by atoms with Gasteiger partial charge in [0.05, 0.1) is 5.01 Å². The Morgan fingerprint density at radius 2 is 1.96 bits per heavy atom. The van der Waals surface area contributed by atoms with E-state index in [1.807, 2.05) is 25.4 Å². The van der Waals surface area contributed by atoms with E-state index in [0.29, 0.717) is 0 Å². The van der Waals surface area contributed by atoms with Crippen LogP contribution in [-0.2, 0) is 13.0 Å². The van der Waals surface area contributed by atoms with Crippen molar-refractivity contribution in [1.82, 2.24) is 20.1 Å². The SMILES string of the molecule is CN=C(NCCc1ncc(C)s1)N1CCN(Cc2ccc(Cl)cc2)CC1. The first-order valence-electron chi connectivity index (χ1n) is 8.98. The fourth-order valence-corrected chi connectivity index (χ4v) is 4.01. The molecule has 1 N–H and O–H groups in total. The van der Waals surface area contributed by atoms with Crippen molar-refractivity contribution < 1.29 is 0 Å². The van der Waals surface area contributed by atoms with Gasteiger partial charge in [-0.2, -0.15) is 0 Å².